The van der Waals surface area contributed by atoms with E-state index < -0.39 is 61.5 Å². The molecule has 0 atom stereocenters. The Balaban J connectivity index is 5.48. The van der Waals surface area contributed by atoms with Gasteiger partial charge in [-0.1, -0.05) is 0 Å². The lowest BCUT2D eigenvalue weighted by molar-refractivity contribution is -0.445. The van der Waals surface area contributed by atoms with Crippen molar-refractivity contribution in [2.24, 2.45) is 0 Å². The molecule has 21 heteroatoms. The van der Waals surface area contributed by atoms with Crippen LogP contribution in [0.3, 0.4) is 0 Å². The van der Waals surface area contributed by atoms with Crippen LogP contribution in [0.2, 0.25) is 0 Å². The molecule has 0 fully saturated rings. The van der Waals surface area contributed by atoms with Crippen LogP contribution >= 0.6 is 0 Å². The molecule has 0 saturated heterocycles. The molecule has 0 radical (unpaired) electrons. The smallest absolute Gasteiger partial charge is 0.412 e. The lowest BCUT2D eigenvalue weighted by atomic mass is 10.0. The normalized spacial score (nSPS) is 14.5. The number of hydrogen-bond acceptors (Lipinski definition) is 3. The summed E-state index contributed by atoms with van der Waals surface area (Å²) in [5, 5.41) is 0. The topological polar surface area (TPSA) is 27.7 Å². The maximum atomic E-state index is 12.5. The Morgan fingerprint density at radius 3 is 0.743 bits per heavy atom. The van der Waals surface area contributed by atoms with Crippen molar-refractivity contribution in [1.82, 2.24) is 0 Å². The van der Waals surface area contributed by atoms with Crippen molar-refractivity contribution in [3.63, 3.8) is 0 Å². The van der Waals surface area contributed by atoms with Gasteiger partial charge in [0.25, 0.3) is 0 Å². The van der Waals surface area contributed by atoms with Crippen LogP contribution in [0.5, 0.6) is 0 Å². The first-order valence-electron chi connectivity index (χ1n) is 7.50. The van der Waals surface area contributed by atoms with Crippen molar-refractivity contribution in [3.8, 4) is 24.1 Å². The summed E-state index contributed by atoms with van der Waals surface area (Å²) in [7, 11) is 0. The van der Waals surface area contributed by atoms with E-state index in [9.17, 15) is 79.0 Å². The molecule has 0 spiro atoms. The molecule has 0 saturated carbocycles. The standard InChI is InChI=1S/C14H4F18O3/c15-9(16,17)7(10(18,19)20,11(21,22)23)34-5-1-3-33-4-2-6-35-8(12(24,25)26,13(27,28)29)14(30,31)32/h3-4H2. The van der Waals surface area contributed by atoms with E-state index in [0.717, 1.165) is 11.8 Å². The number of alkyl halides is 18. The average Bonchev–Trinajstić information content (AvgIpc) is 2.52. The Kier molecular flexibility index (Phi) is 9.09. The number of halogens is 18. The van der Waals surface area contributed by atoms with Gasteiger partial charge < -0.3 is 14.2 Å². The molecule has 204 valence electrons. The summed E-state index contributed by atoms with van der Waals surface area (Å²) in [6, 6.07) is 0. The quantitative estimate of drug-likeness (QED) is 0.246. The van der Waals surface area contributed by atoms with E-state index in [2.05, 4.69) is 14.2 Å². The number of rotatable bonds is 4. The lowest BCUT2D eigenvalue weighted by Gasteiger charge is -2.35. The molecule has 0 aromatic rings. The highest BCUT2D eigenvalue weighted by molar-refractivity contribution is 5.08. The van der Waals surface area contributed by atoms with Gasteiger partial charge in [-0.15, -0.1) is 0 Å². The fourth-order valence-corrected chi connectivity index (χ4v) is 1.75. The summed E-state index contributed by atoms with van der Waals surface area (Å²) >= 11 is 0. The van der Waals surface area contributed by atoms with Gasteiger partial charge in [0.05, 0.1) is 0 Å². The Hall–Kier alpha value is -2.58. The Labute approximate surface area is 180 Å². The predicted molar refractivity (Wildman–Crippen MR) is 70.3 cm³/mol. The van der Waals surface area contributed by atoms with Gasteiger partial charge in [0.2, 0.25) is 0 Å². The molecule has 0 aromatic carbocycles. The van der Waals surface area contributed by atoms with Crippen molar-refractivity contribution < 1.29 is 93.2 Å². The first kappa shape index (κ1) is 32.4. The van der Waals surface area contributed by atoms with Gasteiger partial charge in [-0.05, 0) is 11.8 Å². The van der Waals surface area contributed by atoms with E-state index in [1.807, 2.05) is 0 Å². The lowest BCUT2D eigenvalue weighted by Crippen LogP contribution is -2.67. The Morgan fingerprint density at radius 2 is 0.571 bits per heavy atom. The third-order valence-electron chi connectivity index (χ3n) is 3.30. The van der Waals surface area contributed by atoms with Gasteiger partial charge in [-0.25, -0.2) is 0 Å². The highest BCUT2D eigenvalue weighted by Crippen LogP contribution is 2.55. The molecule has 0 aliphatic rings. The van der Waals surface area contributed by atoms with Crippen LogP contribution in [0, 0.1) is 24.1 Å². The van der Waals surface area contributed by atoms with Gasteiger partial charge in [-0.2, -0.15) is 79.0 Å². The van der Waals surface area contributed by atoms with Crippen LogP contribution in [0.15, 0.2) is 0 Å². The molecule has 0 rings (SSSR count). The van der Waals surface area contributed by atoms with Crippen molar-refractivity contribution in [2.45, 2.75) is 48.3 Å². The minimum Gasteiger partial charge on any atom is -0.412 e. The van der Waals surface area contributed by atoms with Gasteiger partial charge >= 0.3 is 48.3 Å². The van der Waals surface area contributed by atoms with E-state index in [-0.39, 0.29) is 0 Å². The molecule has 0 unspecified atom stereocenters. The minimum atomic E-state index is -7.14. The Morgan fingerprint density at radius 1 is 0.371 bits per heavy atom. The Bertz CT molecular complexity index is 688. The average molecular weight is 562 g/mol. The van der Waals surface area contributed by atoms with E-state index in [1.165, 1.54) is 0 Å². The zero-order valence-corrected chi connectivity index (χ0v) is 15.4. The first-order chi connectivity index (χ1) is 15.2. The zero-order chi connectivity index (χ0) is 28.4. The monoisotopic (exact) mass is 562 g/mol. The summed E-state index contributed by atoms with van der Waals surface area (Å²) < 4.78 is 234. The second-order valence-electron chi connectivity index (χ2n) is 5.60. The van der Waals surface area contributed by atoms with Crippen LogP contribution < -0.4 is 0 Å². The van der Waals surface area contributed by atoms with Crippen molar-refractivity contribution in [2.75, 3.05) is 13.2 Å². The SMILES string of the molecule is FC(F)(F)C(OC#CCOCC#COC(C(F)(F)F)(C(F)(F)F)C(F)(F)F)(C(F)(F)F)C(F)(F)F. The van der Waals surface area contributed by atoms with Crippen LogP contribution in [0.4, 0.5) is 79.0 Å². The molecule has 0 N–H and O–H groups in total. The van der Waals surface area contributed by atoms with Crippen molar-refractivity contribution >= 4 is 0 Å². The van der Waals surface area contributed by atoms with Gasteiger partial charge in [0.1, 0.15) is 25.4 Å². The highest BCUT2D eigenvalue weighted by Gasteiger charge is 2.88. The first-order valence-corrected chi connectivity index (χ1v) is 7.50. The van der Waals surface area contributed by atoms with Crippen LogP contribution in [-0.4, -0.2) is 61.5 Å². The molecule has 0 amide bonds. The maximum Gasteiger partial charge on any atom is 0.448 e. The van der Waals surface area contributed by atoms with Gasteiger partial charge in [-0.3, -0.25) is 0 Å². The van der Waals surface area contributed by atoms with E-state index in [0.29, 0.717) is 12.2 Å². The molecule has 35 heavy (non-hydrogen) atoms. The van der Waals surface area contributed by atoms with Crippen LogP contribution in [0.1, 0.15) is 0 Å². The molecule has 0 aliphatic carbocycles. The predicted octanol–water partition coefficient (Wildman–Crippen LogP) is 5.81. The van der Waals surface area contributed by atoms with Gasteiger partial charge in [0, 0.05) is 0 Å². The van der Waals surface area contributed by atoms with E-state index in [1.54, 1.807) is 0 Å². The summed E-state index contributed by atoms with van der Waals surface area (Å²) in [6.07, 6.45) is -42.1. The molecule has 0 heterocycles. The second kappa shape index (κ2) is 9.82. The number of ether oxygens (including phenoxy) is 3. The third-order valence-corrected chi connectivity index (χ3v) is 3.30. The molecule has 0 bridgehead atoms. The zero-order valence-electron chi connectivity index (χ0n) is 15.4. The highest BCUT2D eigenvalue weighted by atomic mass is 19.4. The summed E-state index contributed by atoms with van der Waals surface area (Å²) in [6.45, 7) is -3.03. The third kappa shape index (κ3) is 6.35. The van der Waals surface area contributed by atoms with Gasteiger partial charge in [0.15, 0.2) is 0 Å². The van der Waals surface area contributed by atoms with Crippen LogP contribution in [0.25, 0.3) is 0 Å². The molecular formula is C14H4F18O3. The molecule has 0 aliphatic heterocycles. The summed E-state index contributed by atoms with van der Waals surface area (Å²) in [4.78, 5) is 0. The fourth-order valence-electron chi connectivity index (χ4n) is 1.75. The minimum absolute atomic E-state index is 0.360. The molecule has 3 nitrogen and oxygen atoms in total. The van der Waals surface area contributed by atoms with E-state index in [4.69, 9.17) is 0 Å². The van der Waals surface area contributed by atoms with E-state index >= 15 is 0 Å². The number of hydrogen-bond donors (Lipinski definition) is 0. The fraction of sp³-hybridized carbons (Fsp3) is 0.714. The molecule has 0 aromatic heterocycles. The molecular weight excluding hydrogens is 558 g/mol. The summed E-state index contributed by atoms with van der Waals surface area (Å²) in [5.41, 5.74) is -13.5. The second-order valence-corrected chi connectivity index (χ2v) is 5.60. The summed E-state index contributed by atoms with van der Waals surface area (Å²) in [5.74, 6) is 1.99. The van der Waals surface area contributed by atoms with Crippen LogP contribution in [-0.2, 0) is 14.2 Å². The maximum absolute atomic E-state index is 12.5. The van der Waals surface area contributed by atoms with Crippen molar-refractivity contribution in [1.29, 1.82) is 0 Å². The van der Waals surface area contributed by atoms with Crippen molar-refractivity contribution in [3.05, 3.63) is 0 Å². The largest absolute Gasteiger partial charge is 0.448 e.